The molecular weight excluding hydrogens is 326 g/mol. The van der Waals surface area contributed by atoms with Gasteiger partial charge in [0.2, 0.25) is 0 Å². The SMILES string of the molecule is c1ccc(-c2cn3c(n2)CCC(Nc2ncnc4c2COCC4)C3)cc1. The number of rotatable bonds is 3. The highest BCUT2D eigenvalue weighted by atomic mass is 16.5. The molecule has 1 atom stereocenters. The normalized spacial score (nSPS) is 18.8. The van der Waals surface area contributed by atoms with Crippen LogP contribution in [0.1, 0.15) is 23.5 Å². The second-order valence-corrected chi connectivity index (χ2v) is 6.89. The number of nitrogens with zero attached hydrogens (tertiary/aromatic N) is 4. The van der Waals surface area contributed by atoms with E-state index in [9.17, 15) is 0 Å². The molecule has 2 aromatic heterocycles. The summed E-state index contributed by atoms with van der Waals surface area (Å²) < 4.78 is 7.87. The number of imidazole rings is 1. The molecule has 6 nitrogen and oxygen atoms in total. The molecule has 4 heterocycles. The highest BCUT2D eigenvalue weighted by Crippen LogP contribution is 2.26. The molecule has 1 aromatic carbocycles. The van der Waals surface area contributed by atoms with Gasteiger partial charge in [-0.1, -0.05) is 30.3 Å². The molecule has 3 aromatic rings. The summed E-state index contributed by atoms with van der Waals surface area (Å²) in [7, 11) is 0. The monoisotopic (exact) mass is 347 g/mol. The Morgan fingerprint density at radius 2 is 2.04 bits per heavy atom. The summed E-state index contributed by atoms with van der Waals surface area (Å²) in [4.78, 5) is 13.7. The summed E-state index contributed by atoms with van der Waals surface area (Å²) >= 11 is 0. The minimum atomic E-state index is 0.334. The Labute approximate surface area is 152 Å². The van der Waals surface area contributed by atoms with E-state index in [0.717, 1.165) is 61.0 Å². The molecule has 0 aliphatic carbocycles. The summed E-state index contributed by atoms with van der Waals surface area (Å²) in [6.45, 7) is 2.24. The number of nitrogens with one attached hydrogen (secondary N) is 1. The summed E-state index contributed by atoms with van der Waals surface area (Å²) in [5.41, 5.74) is 4.44. The lowest BCUT2D eigenvalue weighted by Crippen LogP contribution is -2.32. The van der Waals surface area contributed by atoms with E-state index in [1.807, 2.05) is 6.07 Å². The smallest absolute Gasteiger partial charge is 0.135 e. The lowest BCUT2D eigenvalue weighted by atomic mass is 10.1. The van der Waals surface area contributed by atoms with E-state index in [1.165, 1.54) is 5.56 Å². The van der Waals surface area contributed by atoms with Crippen LogP contribution in [0.25, 0.3) is 11.3 Å². The summed E-state index contributed by atoms with van der Waals surface area (Å²) in [6.07, 6.45) is 6.70. The molecule has 0 fully saturated rings. The molecule has 1 N–H and O–H groups in total. The van der Waals surface area contributed by atoms with Crippen molar-refractivity contribution >= 4 is 5.82 Å². The third-order valence-electron chi connectivity index (χ3n) is 5.17. The van der Waals surface area contributed by atoms with Crippen molar-refractivity contribution in [2.45, 2.75) is 38.5 Å². The van der Waals surface area contributed by atoms with E-state index in [2.05, 4.69) is 50.3 Å². The fourth-order valence-electron chi connectivity index (χ4n) is 3.79. The number of benzene rings is 1. The highest BCUT2D eigenvalue weighted by molar-refractivity contribution is 5.58. The fraction of sp³-hybridized carbons (Fsp3) is 0.350. The molecule has 2 aliphatic heterocycles. The van der Waals surface area contributed by atoms with Gasteiger partial charge in [-0.3, -0.25) is 0 Å². The lowest BCUT2D eigenvalue weighted by Gasteiger charge is -2.27. The zero-order valence-electron chi connectivity index (χ0n) is 14.6. The third kappa shape index (κ3) is 2.86. The minimum absolute atomic E-state index is 0.334. The maximum Gasteiger partial charge on any atom is 0.135 e. The number of hydrogen-bond donors (Lipinski definition) is 1. The van der Waals surface area contributed by atoms with Gasteiger partial charge in [-0.05, 0) is 6.42 Å². The average Bonchev–Trinajstić information content (AvgIpc) is 3.12. The van der Waals surface area contributed by atoms with Gasteiger partial charge in [0.1, 0.15) is 18.0 Å². The molecule has 0 spiro atoms. The molecule has 2 aliphatic rings. The van der Waals surface area contributed by atoms with E-state index >= 15 is 0 Å². The number of anilines is 1. The van der Waals surface area contributed by atoms with Crippen LogP contribution in [-0.4, -0.2) is 32.2 Å². The van der Waals surface area contributed by atoms with Crippen molar-refractivity contribution in [3.05, 3.63) is 59.9 Å². The van der Waals surface area contributed by atoms with Crippen LogP contribution in [-0.2, 0) is 30.7 Å². The lowest BCUT2D eigenvalue weighted by molar-refractivity contribution is 0.109. The van der Waals surface area contributed by atoms with Crippen LogP contribution < -0.4 is 5.32 Å². The average molecular weight is 347 g/mol. The quantitative estimate of drug-likeness (QED) is 0.789. The first-order valence-electron chi connectivity index (χ1n) is 9.15. The summed E-state index contributed by atoms with van der Waals surface area (Å²) in [5, 5.41) is 3.62. The third-order valence-corrected chi connectivity index (χ3v) is 5.17. The Morgan fingerprint density at radius 1 is 1.12 bits per heavy atom. The first-order valence-corrected chi connectivity index (χ1v) is 9.15. The second kappa shape index (κ2) is 6.53. The first-order chi connectivity index (χ1) is 12.9. The molecule has 0 radical (unpaired) electrons. The van der Waals surface area contributed by atoms with E-state index in [1.54, 1.807) is 6.33 Å². The number of hydrogen-bond acceptors (Lipinski definition) is 5. The largest absolute Gasteiger partial charge is 0.376 e. The number of fused-ring (bicyclic) bond motifs is 2. The summed E-state index contributed by atoms with van der Waals surface area (Å²) in [5.74, 6) is 2.08. The number of aromatic nitrogens is 4. The van der Waals surface area contributed by atoms with Crippen molar-refractivity contribution < 1.29 is 4.74 Å². The van der Waals surface area contributed by atoms with Crippen molar-refractivity contribution in [1.29, 1.82) is 0 Å². The van der Waals surface area contributed by atoms with Gasteiger partial charge in [-0.25, -0.2) is 15.0 Å². The molecular formula is C20H21N5O. The van der Waals surface area contributed by atoms with E-state index in [4.69, 9.17) is 9.72 Å². The van der Waals surface area contributed by atoms with Crippen molar-refractivity contribution in [2.24, 2.45) is 0 Å². The van der Waals surface area contributed by atoms with Gasteiger partial charge in [-0.15, -0.1) is 0 Å². The van der Waals surface area contributed by atoms with Crippen molar-refractivity contribution in [3.63, 3.8) is 0 Å². The molecule has 0 amide bonds. The Kier molecular flexibility index (Phi) is 3.90. The van der Waals surface area contributed by atoms with Crippen molar-refractivity contribution in [3.8, 4) is 11.3 Å². The Morgan fingerprint density at radius 3 is 2.96 bits per heavy atom. The Hall–Kier alpha value is -2.73. The molecule has 26 heavy (non-hydrogen) atoms. The highest BCUT2D eigenvalue weighted by Gasteiger charge is 2.23. The van der Waals surface area contributed by atoms with Crippen LogP contribution in [0.15, 0.2) is 42.9 Å². The molecule has 0 bridgehead atoms. The standard InChI is InChI=1S/C20H21N5O/c1-2-4-14(5-3-1)18-11-25-10-15(6-7-19(25)24-18)23-20-16-12-26-9-8-17(16)21-13-22-20/h1-5,11,13,15H,6-10,12H2,(H,21,22,23). The maximum absolute atomic E-state index is 5.60. The van der Waals surface area contributed by atoms with Gasteiger partial charge >= 0.3 is 0 Å². The molecule has 0 saturated heterocycles. The van der Waals surface area contributed by atoms with E-state index in [-0.39, 0.29) is 0 Å². The van der Waals surface area contributed by atoms with Crippen LogP contribution in [0, 0.1) is 0 Å². The maximum atomic E-state index is 5.60. The minimum Gasteiger partial charge on any atom is -0.376 e. The predicted molar refractivity (Wildman–Crippen MR) is 98.8 cm³/mol. The van der Waals surface area contributed by atoms with E-state index in [0.29, 0.717) is 12.6 Å². The topological polar surface area (TPSA) is 64.9 Å². The van der Waals surface area contributed by atoms with Gasteiger partial charge < -0.3 is 14.6 Å². The Bertz CT molecular complexity index is 921. The van der Waals surface area contributed by atoms with Gasteiger partial charge in [0.05, 0.1) is 24.6 Å². The predicted octanol–water partition coefficient (Wildman–Crippen LogP) is 2.84. The zero-order valence-corrected chi connectivity index (χ0v) is 14.6. The molecule has 5 rings (SSSR count). The van der Waals surface area contributed by atoms with E-state index < -0.39 is 0 Å². The number of ether oxygens (including phenoxy) is 1. The van der Waals surface area contributed by atoms with Gasteiger partial charge in [-0.2, -0.15) is 0 Å². The summed E-state index contributed by atoms with van der Waals surface area (Å²) in [6, 6.07) is 10.7. The second-order valence-electron chi connectivity index (χ2n) is 6.89. The number of aryl methyl sites for hydroxylation is 1. The van der Waals surface area contributed by atoms with Crippen LogP contribution >= 0.6 is 0 Å². The molecule has 1 unspecified atom stereocenters. The van der Waals surface area contributed by atoms with Crippen LogP contribution in [0.4, 0.5) is 5.82 Å². The van der Waals surface area contributed by atoms with Gasteiger partial charge in [0.15, 0.2) is 0 Å². The van der Waals surface area contributed by atoms with Crippen molar-refractivity contribution in [2.75, 3.05) is 11.9 Å². The molecule has 132 valence electrons. The zero-order chi connectivity index (χ0) is 17.3. The van der Waals surface area contributed by atoms with Crippen LogP contribution in [0.5, 0.6) is 0 Å². The van der Waals surface area contributed by atoms with Gasteiger partial charge in [0, 0.05) is 42.8 Å². The first kappa shape index (κ1) is 15.5. The fourth-order valence-corrected chi connectivity index (χ4v) is 3.79. The van der Waals surface area contributed by atoms with Gasteiger partial charge in [0.25, 0.3) is 0 Å². The molecule has 6 heteroatoms. The van der Waals surface area contributed by atoms with Crippen LogP contribution in [0.3, 0.4) is 0 Å². The Balaban J connectivity index is 1.36. The van der Waals surface area contributed by atoms with Crippen LogP contribution in [0.2, 0.25) is 0 Å². The molecule has 0 saturated carbocycles. The van der Waals surface area contributed by atoms with Crippen molar-refractivity contribution in [1.82, 2.24) is 19.5 Å².